The van der Waals surface area contributed by atoms with Crippen molar-refractivity contribution in [2.75, 3.05) is 0 Å². The van der Waals surface area contributed by atoms with Crippen LogP contribution in [0.15, 0.2) is 30.4 Å². The molecule has 1 saturated carbocycles. The number of nitriles is 1. The van der Waals surface area contributed by atoms with Crippen molar-refractivity contribution in [2.45, 2.75) is 59.2 Å². The first-order valence-corrected chi connectivity index (χ1v) is 9.65. The summed E-state index contributed by atoms with van der Waals surface area (Å²) in [5, 5.41) is 9.24. The molecule has 0 saturated heterocycles. The number of benzene rings is 1. The van der Waals surface area contributed by atoms with Gasteiger partial charge in [-0.15, -0.1) is 0 Å². The number of fused-ring (bicyclic) bond motifs is 1. The Labute approximate surface area is 166 Å². The maximum absolute atomic E-state index is 12.7. The van der Waals surface area contributed by atoms with E-state index in [0.717, 1.165) is 11.1 Å². The lowest BCUT2D eigenvalue weighted by Crippen LogP contribution is -2.22. The molecular formula is C23H27NO4. The molecular weight excluding hydrogens is 354 g/mol. The first-order chi connectivity index (χ1) is 13.0. The fraction of sp³-hybridized carbons (Fsp3) is 0.522. The summed E-state index contributed by atoms with van der Waals surface area (Å²) in [5.74, 6) is -0.964. The van der Waals surface area contributed by atoms with E-state index < -0.39 is 11.6 Å². The van der Waals surface area contributed by atoms with Crippen molar-refractivity contribution < 1.29 is 19.1 Å². The Morgan fingerprint density at radius 3 is 2.61 bits per heavy atom. The largest absolute Gasteiger partial charge is 0.461 e. The van der Waals surface area contributed by atoms with Crippen LogP contribution in [-0.4, -0.2) is 23.6 Å². The Kier molecular flexibility index (Phi) is 5.10. The van der Waals surface area contributed by atoms with Gasteiger partial charge in [0.2, 0.25) is 0 Å². The van der Waals surface area contributed by atoms with Crippen molar-refractivity contribution in [1.29, 1.82) is 5.26 Å². The van der Waals surface area contributed by atoms with Crippen LogP contribution >= 0.6 is 0 Å². The SMILES string of the molecule is CC(C)(C)OC(=O)/C=C\[C@H]1[C@@H](C(=O)OC2Cc3cccc(C#N)c3C2)C1(C)C. The predicted octanol–water partition coefficient (Wildman–Crippen LogP) is 3.74. The number of hydrogen-bond donors (Lipinski definition) is 0. The minimum Gasteiger partial charge on any atom is -0.461 e. The summed E-state index contributed by atoms with van der Waals surface area (Å²) in [4.78, 5) is 24.6. The number of nitrogens with zero attached hydrogens (tertiary/aromatic N) is 1. The molecule has 0 amide bonds. The topological polar surface area (TPSA) is 76.4 Å². The Bertz CT molecular complexity index is 870. The molecule has 0 bridgehead atoms. The highest BCUT2D eigenvalue weighted by Gasteiger charge is 2.61. The molecule has 5 heteroatoms. The van der Waals surface area contributed by atoms with Gasteiger partial charge in [0.05, 0.1) is 17.6 Å². The van der Waals surface area contributed by atoms with Crippen LogP contribution in [0.1, 0.15) is 51.3 Å². The normalized spacial score (nSPS) is 25.1. The average Bonchev–Trinajstić information content (AvgIpc) is 2.91. The fourth-order valence-electron chi connectivity index (χ4n) is 4.04. The Hall–Kier alpha value is -2.61. The Morgan fingerprint density at radius 2 is 1.96 bits per heavy atom. The third kappa shape index (κ3) is 4.11. The van der Waals surface area contributed by atoms with Crippen molar-refractivity contribution in [2.24, 2.45) is 17.3 Å². The quantitative estimate of drug-likeness (QED) is 0.587. The highest BCUT2D eigenvalue weighted by atomic mass is 16.6. The second-order valence-corrected chi connectivity index (χ2v) is 9.24. The van der Waals surface area contributed by atoms with Crippen molar-refractivity contribution >= 4 is 11.9 Å². The van der Waals surface area contributed by atoms with Crippen molar-refractivity contribution in [3.8, 4) is 6.07 Å². The molecule has 2 aliphatic carbocycles. The van der Waals surface area contributed by atoms with Gasteiger partial charge in [0.25, 0.3) is 0 Å². The smallest absolute Gasteiger partial charge is 0.330 e. The minimum absolute atomic E-state index is 0.0500. The molecule has 28 heavy (non-hydrogen) atoms. The van der Waals surface area contributed by atoms with Crippen molar-refractivity contribution in [3.05, 3.63) is 47.0 Å². The molecule has 0 aliphatic heterocycles. The van der Waals surface area contributed by atoms with Gasteiger partial charge in [0.1, 0.15) is 11.7 Å². The van der Waals surface area contributed by atoms with Gasteiger partial charge in [-0.1, -0.05) is 32.1 Å². The van der Waals surface area contributed by atoms with Crippen LogP contribution in [0, 0.1) is 28.6 Å². The van der Waals surface area contributed by atoms with Crippen LogP contribution in [0.25, 0.3) is 0 Å². The van der Waals surface area contributed by atoms with E-state index in [4.69, 9.17) is 9.47 Å². The molecule has 0 spiro atoms. The van der Waals surface area contributed by atoms with Crippen molar-refractivity contribution in [1.82, 2.24) is 0 Å². The first kappa shape index (κ1) is 20.1. The monoisotopic (exact) mass is 381 g/mol. The summed E-state index contributed by atoms with van der Waals surface area (Å²) < 4.78 is 11.0. The standard InChI is InChI=1S/C23H27NO4/c1-22(2,3)28-19(25)10-9-18-20(23(18,4)5)21(26)27-16-11-14-7-6-8-15(13-24)17(14)12-16/h6-10,16,18,20H,11-12H2,1-5H3/b10-9-/t16?,18-,20-/m0/s1. The van der Waals surface area contributed by atoms with E-state index in [2.05, 4.69) is 6.07 Å². The zero-order valence-corrected chi connectivity index (χ0v) is 17.1. The Balaban J connectivity index is 1.60. The maximum Gasteiger partial charge on any atom is 0.330 e. The number of rotatable bonds is 4. The molecule has 2 aliphatic rings. The summed E-state index contributed by atoms with van der Waals surface area (Å²) >= 11 is 0. The molecule has 3 atom stereocenters. The molecule has 0 heterocycles. The summed E-state index contributed by atoms with van der Waals surface area (Å²) in [6.45, 7) is 9.45. The zero-order valence-electron chi connectivity index (χ0n) is 17.1. The highest BCUT2D eigenvalue weighted by Crippen LogP contribution is 2.59. The van der Waals surface area contributed by atoms with Gasteiger partial charge in [-0.25, -0.2) is 4.79 Å². The van der Waals surface area contributed by atoms with E-state index >= 15 is 0 Å². The molecule has 3 rings (SSSR count). The number of carbonyl (C=O) groups is 2. The number of hydrogen-bond acceptors (Lipinski definition) is 5. The number of esters is 2. The second-order valence-electron chi connectivity index (χ2n) is 9.24. The third-order valence-electron chi connectivity index (χ3n) is 5.57. The summed E-state index contributed by atoms with van der Waals surface area (Å²) in [7, 11) is 0. The molecule has 1 fully saturated rings. The second kappa shape index (κ2) is 7.09. The molecule has 1 unspecified atom stereocenters. The average molecular weight is 381 g/mol. The van der Waals surface area contributed by atoms with Gasteiger partial charge < -0.3 is 9.47 Å². The lowest BCUT2D eigenvalue weighted by atomic mass is 10.0. The lowest BCUT2D eigenvalue weighted by Gasteiger charge is -2.17. The predicted molar refractivity (Wildman–Crippen MR) is 104 cm³/mol. The van der Waals surface area contributed by atoms with Gasteiger partial charge in [0.15, 0.2) is 0 Å². The molecule has 5 nitrogen and oxygen atoms in total. The highest BCUT2D eigenvalue weighted by molar-refractivity contribution is 5.83. The number of allylic oxidation sites excluding steroid dienone is 1. The van der Waals surface area contributed by atoms with Crippen LogP contribution in [0.2, 0.25) is 0 Å². The molecule has 0 radical (unpaired) electrons. The zero-order chi connectivity index (χ0) is 20.7. The minimum atomic E-state index is -0.543. The van der Waals surface area contributed by atoms with Crippen LogP contribution < -0.4 is 0 Å². The van der Waals surface area contributed by atoms with Gasteiger partial charge in [-0.05, 0) is 49.3 Å². The molecule has 1 aromatic rings. The van der Waals surface area contributed by atoms with Crippen LogP contribution in [0.3, 0.4) is 0 Å². The lowest BCUT2D eigenvalue weighted by molar-refractivity contribution is -0.151. The summed E-state index contributed by atoms with van der Waals surface area (Å²) in [6.07, 6.45) is 4.16. The molecule has 0 N–H and O–H groups in total. The van der Waals surface area contributed by atoms with Crippen molar-refractivity contribution in [3.63, 3.8) is 0 Å². The first-order valence-electron chi connectivity index (χ1n) is 9.65. The molecule has 0 aromatic heterocycles. The van der Waals surface area contributed by atoms with E-state index in [1.807, 2.05) is 46.8 Å². The molecule has 148 valence electrons. The van der Waals surface area contributed by atoms with Gasteiger partial charge >= 0.3 is 11.9 Å². The number of carbonyl (C=O) groups excluding carboxylic acids is 2. The van der Waals surface area contributed by atoms with Crippen LogP contribution in [-0.2, 0) is 31.9 Å². The van der Waals surface area contributed by atoms with E-state index in [0.29, 0.717) is 18.4 Å². The van der Waals surface area contributed by atoms with Gasteiger partial charge in [-0.2, -0.15) is 5.26 Å². The van der Waals surface area contributed by atoms with E-state index in [9.17, 15) is 14.9 Å². The maximum atomic E-state index is 12.7. The van der Waals surface area contributed by atoms with E-state index in [1.165, 1.54) is 6.08 Å². The fourth-order valence-corrected chi connectivity index (χ4v) is 4.04. The van der Waals surface area contributed by atoms with Gasteiger partial charge in [-0.3, -0.25) is 4.79 Å². The van der Waals surface area contributed by atoms with Gasteiger partial charge in [0, 0.05) is 18.9 Å². The third-order valence-corrected chi connectivity index (χ3v) is 5.57. The van der Waals surface area contributed by atoms with E-state index in [1.54, 1.807) is 12.1 Å². The Morgan fingerprint density at radius 1 is 1.25 bits per heavy atom. The van der Waals surface area contributed by atoms with Crippen LogP contribution in [0.5, 0.6) is 0 Å². The summed E-state index contributed by atoms with van der Waals surface area (Å²) in [5.41, 5.74) is 1.92. The van der Waals surface area contributed by atoms with E-state index in [-0.39, 0.29) is 29.3 Å². The summed E-state index contributed by atoms with van der Waals surface area (Å²) in [6, 6.07) is 7.85. The molecule has 1 aromatic carbocycles. The number of ether oxygens (including phenoxy) is 2. The van der Waals surface area contributed by atoms with Crippen LogP contribution in [0.4, 0.5) is 0 Å².